The number of hydrogen-bond acceptors (Lipinski definition) is 6. The van der Waals surface area contributed by atoms with Crippen molar-refractivity contribution in [2.24, 2.45) is 5.92 Å². The molecule has 0 spiro atoms. The summed E-state index contributed by atoms with van der Waals surface area (Å²) in [7, 11) is -3.93. The number of carboxylic acid groups (broad SMARTS) is 1. The molecular weight excluding hydrogens is 280 g/mol. The quantitative estimate of drug-likeness (QED) is 0.673. The second kappa shape index (κ2) is 4.92. The predicted octanol–water partition coefficient (Wildman–Crippen LogP) is -0.110. The van der Waals surface area contributed by atoms with Gasteiger partial charge in [-0.05, 0) is 18.8 Å². The molecule has 0 amide bonds. The lowest BCUT2D eigenvalue weighted by molar-refractivity contribution is 0.0687. The molecule has 1 saturated carbocycles. The van der Waals surface area contributed by atoms with E-state index in [1.165, 1.54) is 0 Å². The number of carbonyl (C=O) groups is 1. The summed E-state index contributed by atoms with van der Waals surface area (Å²) < 4.78 is 25.6. The van der Waals surface area contributed by atoms with Gasteiger partial charge in [0, 0.05) is 6.54 Å². The van der Waals surface area contributed by atoms with Gasteiger partial charge >= 0.3 is 5.97 Å². The lowest BCUT2D eigenvalue weighted by Gasteiger charge is -2.10. The van der Waals surface area contributed by atoms with E-state index in [1.54, 1.807) is 0 Å². The third-order valence-electron chi connectivity index (χ3n) is 2.63. The zero-order valence-electron chi connectivity index (χ0n) is 9.24. The SMILES string of the molecule is O=C(O)c1ncsc1S(=O)(=O)NCC(O)C1CC1. The maximum absolute atomic E-state index is 11.9. The molecule has 1 fully saturated rings. The van der Waals surface area contributed by atoms with Gasteiger partial charge in [0.1, 0.15) is 0 Å². The molecule has 0 aliphatic heterocycles. The fourth-order valence-electron chi connectivity index (χ4n) is 1.48. The van der Waals surface area contributed by atoms with E-state index in [4.69, 9.17) is 5.11 Å². The van der Waals surface area contributed by atoms with Crippen molar-refractivity contribution in [3.05, 3.63) is 11.2 Å². The highest BCUT2D eigenvalue weighted by atomic mass is 32.2. The van der Waals surface area contributed by atoms with Gasteiger partial charge in [0.25, 0.3) is 10.0 Å². The van der Waals surface area contributed by atoms with Gasteiger partial charge in [-0.3, -0.25) is 0 Å². The smallest absolute Gasteiger partial charge is 0.356 e. The molecule has 0 saturated heterocycles. The van der Waals surface area contributed by atoms with Gasteiger partial charge in [-0.2, -0.15) is 0 Å². The predicted molar refractivity (Wildman–Crippen MR) is 63.0 cm³/mol. The maximum Gasteiger partial charge on any atom is 0.356 e. The monoisotopic (exact) mass is 292 g/mol. The van der Waals surface area contributed by atoms with Crippen LogP contribution in [-0.4, -0.2) is 42.2 Å². The molecule has 18 heavy (non-hydrogen) atoms. The molecule has 1 aromatic heterocycles. The van der Waals surface area contributed by atoms with Crippen LogP contribution < -0.4 is 4.72 Å². The Bertz CT molecular complexity index is 549. The van der Waals surface area contributed by atoms with Crippen LogP contribution in [0.1, 0.15) is 23.3 Å². The Morgan fingerprint density at radius 2 is 2.28 bits per heavy atom. The number of nitrogens with one attached hydrogen (secondary N) is 1. The number of hydrogen-bond donors (Lipinski definition) is 3. The minimum absolute atomic E-state index is 0.107. The van der Waals surface area contributed by atoms with Crippen molar-refractivity contribution in [3.8, 4) is 0 Å². The summed E-state index contributed by atoms with van der Waals surface area (Å²) in [6.45, 7) is -0.107. The number of aliphatic hydroxyl groups is 1. The van der Waals surface area contributed by atoms with E-state index in [-0.39, 0.29) is 16.7 Å². The fraction of sp³-hybridized carbons (Fsp3) is 0.556. The second-order valence-corrected chi connectivity index (χ2v) is 6.87. The minimum Gasteiger partial charge on any atom is -0.476 e. The van der Waals surface area contributed by atoms with Gasteiger partial charge in [-0.15, -0.1) is 11.3 Å². The van der Waals surface area contributed by atoms with Crippen LogP contribution in [0.5, 0.6) is 0 Å². The van der Waals surface area contributed by atoms with Gasteiger partial charge in [0.15, 0.2) is 9.90 Å². The van der Waals surface area contributed by atoms with E-state index < -0.39 is 27.8 Å². The third-order valence-corrected chi connectivity index (χ3v) is 5.42. The fourth-order valence-corrected chi connectivity index (χ4v) is 3.71. The van der Waals surface area contributed by atoms with Crippen molar-refractivity contribution in [2.75, 3.05) is 6.54 Å². The number of rotatable bonds is 6. The van der Waals surface area contributed by atoms with Gasteiger partial charge in [0.05, 0.1) is 11.6 Å². The van der Waals surface area contributed by atoms with Crippen LogP contribution in [0.2, 0.25) is 0 Å². The van der Waals surface area contributed by atoms with Gasteiger partial charge in [-0.1, -0.05) is 0 Å². The molecule has 2 rings (SSSR count). The summed E-state index contributed by atoms with van der Waals surface area (Å²) in [6.07, 6.45) is 1.06. The van der Waals surface area contributed by atoms with Crippen LogP contribution in [-0.2, 0) is 10.0 Å². The number of carboxylic acids is 1. The van der Waals surface area contributed by atoms with Crippen LogP contribution in [0, 0.1) is 5.92 Å². The van der Waals surface area contributed by atoms with Crippen molar-refractivity contribution < 1.29 is 23.4 Å². The standard InChI is InChI=1S/C9H12N2O5S2/c12-6(5-1-2-5)3-11-18(15,16)9-7(8(13)14)10-4-17-9/h4-6,11-12H,1-3H2,(H,13,14). The molecule has 0 radical (unpaired) electrons. The number of sulfonamides is 1. The third kappa shape index (κ3) is 2.86. The zero-order valence-corrected chi connectivity index (χ0v) is 10.9. The average Bonchev–Trinajstić information content (AvgIpc) is 3.01. The Kier molecular flexibility index (Phi) is 3.66. The Hall–Kier alpha value is -1.03. The molecule has 1 atom stereocenters. The van der Waals surface area contributed by atoms with E-state index in [9.17, 15) is 18.3 Å². The van der Waals surface area contributed by atoms with E-state index in [0.29, 0.717) is 0 Å². The van der Waals surface area contributed by atoms with Crippen LogP contribution in [0.4, 0.5) is 0 Å². The van der Waals surface area contributed by atoms with Crippen LogP contribution >= 0.6 is 11.3 Å². The van der Waals surface area contributed by atoms with Crippen LogP contribution in [0.15, 0.2) is 9.72 Å². The molecule has 1 aliphatic carbocycles. The maximum atomic E-state index is 11.9. The molecule has 3 N–H and O–H groups in total. The van der Waals surface area contributed by atoms with Crippen LogP contribution in [0.25, 0.3) is 0 Å². The van der Waals surface area contributed by atoms with Crippen molar-refractivity contribution in [3.63, 3.8) is 0 Å². The summed E-state index contributed by atoms with van der Waals surface area (Å²) in [4.78, 5) is 14.3. The number of aromatic nitrogens is 1. The van der Waals surface area contributed by atoms with E-state index >= 15 is 0 Å². The number of aliphatic hydroxyl groups excluding tert-OH is 1. The minimum atomic E-state index is -3.93. The molecule has 100 valence electrons. The summed E-state index contributed by atoms with van der Waals surface area (Å²) in [5.74, 6) is -1.24. The van der Waals surface area contributed by atoms with Crippen molar-refractivity contribution in [1.82, 2.24) is 9.71 Å². The first-order valence-electron chi connectivity index (χ1n) is 5.26. The molecular formula is C9H12N2O5S2. The molecule has 0 bridgehead atoms. The topological polar surface area (TPSA) is 117 Å². The van der Waals surface area contributed by atoms with E-state index in [2.05, 4.69) is 9.71 Å². The molecule has 0 aromatic carbocycles. The van der Waals surface area contributed by atoms with Gasteiger partial charge in [0.2, 0.25) is 0 Å². The van der Waals surface area contributed by atoms with Gasteiger partial charge < -0.3 is 10.2 Å². The first-order chi connectivity index (χ1) is 8.42. The Morgan fingerprint density at radius 3 is 2.83 bits per heavy atom. The summed E-state index contributed by atoms with van der Waals surface area (Å²) in [5.41, 5.74) is 0.670. The summed E-state index contributed by atoms with van der Waals surface area (Å²) in [5, 5.41) is 18.4. The highest BCUT2D eigenvalue weighted by Crippen LogP contribution is 2.32. The van der Waals surface area contributed by atoms with Crippen molar-refractivity contribution >= 4 is 27.3 Å². The lowest BCUT2D eigenvalue weighted by atomic mass is 10.2. The summed E-state index contributed by atoms with van der Waals surface area (Å²) in [6, 6.07) is 0. The highest BCUT2D eigenvalue weighted by Gasteiger charge is 2.32. The molecule has 9 heteroatoms. The second-order valence-electron chi connectivity index (χ2n) is 4.05. The highest BCUT2D eigenvalue weighted by molar-refractivity contribution is 7.91. The molecule has 7 nitrogen and oxygen atoms in total. The summed E-state index contributed by atoms with van der Waals surface area (Å²) >= 11 is 0.736. The number of aromatic carboxylic acids is 1. The molecule has 1 aliphatic rings. The average molecular weight is 292 g/mol. The largest absolute Gasteiger partial charge is 0.476 e. The number of thiazole rings is 1. The van der Waals surface area contributed by atoms with Gasteiger partial charge in [-0.25, -0.2) is 22.9 Å². The Balaban J connectivity index is 2.09. The normalized spacial score (nSPS) is 17.6. The molecule has 1 heterocycles. The van der Waals surface area contributed by atoms with E-state index in [1.807, 2.05) is 0 Å². The van der Waals surface area contributed by atoms with Crippen LogP contribution in [0.3, 0.4) is 0 Å². The Morgan fingerprint density at radius 1 is 1.61 bits per heavy atom. The lowest BCUT2D eigenvalue weighted by Crippen LogP contribution is -2.33. The Labute approximate surface area is 108 Å². The van der Waals surface area contributed by atoms with E-state index in [0.717, 1.165) is 29.7 Å². The zero-order chi connectivity index (χ0) is 13.3. The molecule has 1 unspecified atom stereocenters. The first-order valence-corrected chi connectivity index (χ1v) is 7.62. The first kappa shape index (κ1) is 13.4. The number of nitrogens with zero attached hydrogens (tertiary/aromatic N) is 1. The van der Waals surface area contributed by atoms with Crippen molar-refractivity contribution in [1.29, 1.82) is 0 Å². The van der Waals surface area contributed by atoms with Crippen molar-refractivity contribution in [2.45, 2.75) is 23.2 Å². The molecule has 1 aromatic rings.